The van der Waals surface area contributed by atoms with Gasteiger partial charge in [0.15, 0.2) is 0 Å². The second kappa shape index (κ2) is 18.3. The SMILES string of the molecule is CNC(=O)C(CCC=O)N1C(=O)c2cccc(NCCN(C)CCNC(=O)N3CCc4c(-c5cc(OC)c(CN(C)C)c(OC)c5)cn(C)c(=O)c4C3)c2C1=O. The van der Waals surface area contributed by atoms with Crippen LogP contribution in [0, 0.1) is 0 Å². The highest BCUT2D eigenvalue weighted by Crippen LogP contribution is 2.38. The van der Waals surface area contributed by atoms with E-state index in [9.17, 15) is 28.8 Å². The number of likely N-dealkylation sites (N-methyl/N-ethyl adjacent to an activating group) is 2. The molecular formula is C40H52N8O8. The molecule has 2 aromatic carbocycles. The topological polar surface area (TPSA) is 175 Å². The normalized spacial score (nSPS) is 14.1. The molecule has 3 N–H and O–H groups in total. The van der Waals surface area contributed by atoms with Gasteiger partial charge in [0, 0.05) is 82.8 Å². The van der Waals surface area contributed by atoms with Crippen molar-refractivity contribution in [3.05, 3.63) is 74.7 Å². The van der Waals surface area contributed by atoms with Crippen LogP contribution in [0.4, 0.5) is 10.5 Å². The van der Waals surface area contributed by atoms with Gasteiger partial charge in [0.2, 0.25) is 5.91 Å². The number of aromatic nitrogens is 1. The third-order valence-corrected chi connectivity index (χ3v) is 10.2. The van der Waals surface area contributed by atoms with Gasteiger partial charge in [0.05, 0.1) is 37.5 Å². The van der Waals surface area contributed by atoms with Gasteiger partial charge < -0.3 is 49.5 Å². The Morgan fingerprint density at radius 1 is 0.964 bits per heavy atom. The average molecular weight is 773 g/mol. The highest BCUT2D eigenvalue weighted by atomic mass is 16.5. The molecule has 0 radical (unpaired) electrons. The van der Waals surface area contributed by atoms with Gasteiger partial charge in [-0.2, -0.15) is 0 Å². The molecule has 0 bridgehead atoms. The fourth-order valence-electron chi connectivity index (χ4n) is 7.30. The van der Waals surface area contributed by atoms with Gasteiger partial charge in [-0.3, -0.25) is 24.1 Å². The number of ether oxygens (including phenoxy) is 2. The molecule has 1 atom stereocenters. The number of amides is 5. The highest BCUT2D eigenvalue weighted by molar-refractivity contribution is 6.25. The van der Waals surface area contributed by atoms with Crippen molar-refractivity contribution in [1.82, 2.24) is 34.8 Å². The molecule has 0 fully saturated rings. The second-order valence-electron chi connectivity index (χ2n) is 14.2. The molecule has 0 aliphatic carbocycles. The van der Waals surface area contributed by atoms with Gasteiger partial charge in [-0.25, -0.2) is 4.79 Å². The summed E-state index contributed by atoms with van der Waals surface area (Å²) in [4.78, 5) is 83.6. The number of methoxy groups -OCH3 is 2. The van der Waals surface area contributed by atoms with E-state index < -0.39 is 23.8 Å². The minimum Gasteiger partial charge on any atom is -0.496 e. The number of fused-ring (bicyclic) bond motifs is 2. The maximum atomic E-state index is 13.5. The van der Waals surface area contributed by atoms with Crippen LogP contribution >= 0.6 is 0 Å². The number of nitrogens with one attached hydrogen (secondary N) is 3. The van der Waals surface area contributed by atoms with E-state index in [1.807, 2.05) is 49.3 Å². The number of carbonyl (C=O) groups is 5. The molecule has 0 spiro atoms. The van der Waals surface area contributed by atoms with E-state index in [1.165, 1.54) is 7.05 Å². The molecule has 5 amide bonds. The first-order valence-electron chi connectivity index (χ1n) is 18.6. The molecule has 56 heavy (non-hydrogen) atoms. The summed E-state index contributed by atoms with van der Waals surface area (Å²) < 4.78 is 13.1. The Kier molecular flexibility index (Phi) is 13.5. The molecule has 5 rings (SSSR count). The summed E-state index contributed by atoms with van der Waals surface area (Å²) in [7, 11) is 12.2. The summed E-state index contributed by atoms with van der Waals surface area (Å²) in [6.45, 7) is 3.11. The van der Waals surface area contributed by atoms with E-state index in [1.54, 1.807) is 48.9 Å². The van der Waals surface area contributed by atoms with Gasteiger partial charge >= 0.3 is 6.03 Å². The van der Waals surface area contributed by atoms with E-state index in [4.69, 9.17) is 9.47 Å². The lowest BCUT2D eigenvalue weighted by Crippen LogP contribution is -2.48. The Morgan fingerprint density at radius 3 is 2.30 bits per heavy atom. The van der Waals surface area contributed by atoms with Crippen molar-refractivity contribution in [3.63, 3.8) is 0 Å². The summed E-state index contributed by atoms with van der Waals surface area (Å²) in [5.41, 5.74) is 4.86. The van der Waals surface area contributed by atoms with Crippen molar-refractivity contribution in [1.29, 1.82) is 0 Å². The number of pyridine rings is 1. The number of imide groups is 1. The second-order valence-corrected chi connectivity index (χ2v) is 14.2. The number of hydrogen-bond acceptors (Lipinski definition) is 11. The van der Waals surface area contributed by atoms with Crippen molar-refractivity contribution in [2.45, 2.75) is 38.4 Å². The number of aldehydes is 1. The van der Waals surface area contributed by atoms with Gasteiger partial charge in [-0.1, -0.05) is 6.07 Å². The predicted molar refractivity (Wildman–Crippen MR) is 211 cm³/mol. The summed E-state index contributed by atoms with van der Waals surface area (Å²) >= 11 is 0. The fourth-order valence-corrected chi connectivity index (χ4v) is 7.30. The van der Waals surface area contributed by atoms with Crippen LogP contribution in [0.25, 0.3) is 11.1 Å². The number of carbonyl (C=O) groups excluding carboxylic acids is 5. The van der Waals surface area contributed by atoms with Crippen LogP contribution in [0.1, 0.15) is 50.2 Å². The summed E-state index contributed by atoms with van der Waals surface area (Å²) in [5, 5.41) is 8.70. The standard InChI is InChI=1S/C40H52N8O8/c1-41-36(50)32(12-9-19-49)48-38(52)27-10-8-11-31(35(27)39(48)53)42-14-17-45(4)18-15-43-40(54)47-16-13-26-28(23-46(5)37(51)29(26)24-47)25-20-33(55-6)30(22-44(2)3)34(21-25)56-7/h8,10-11,19-21,23,32,42H,9,12-18,22,24H2,1-7H3,(H,41,50)(H,43,54). The molecule has 3 aromatic rings. The molecule has 2 aliphatic heterocycles. The van der Waals surface area contributed by atoms with Crippen molar-refractivity contribution >= 4 is 35.7 Å². The molecule has 0 saturated heterocycles. The minimum absolute atomic E-state index is 0.0238. The maximum Gasteiger partial charge on any atom is 0.317 e. The van der Waals surface area contributed by atoms with Crippen LogP contribution in [0.3, 0.4) is 0 Å². The molecule has 300 valence electrons. The van der Waals surface area contributed by atoms with Crippen LogP contribution in [-0.4, -0.2) is 135 Å². The van der Waals surface area contributed by atoms with E-state index in [-0.39, 0.29) is 42.1 Å². The smallest absolute Gasteiger partial charge is 0.317 e. The molecule has 1 aromatic heterocycles. The van der Waals surface area contributed by atoms with Gasteiger partial charge in [0.1, 0.15) is 23.8 Å². The van der Waals surface area contributed by atoms with E-state index in [0.29, 0.717) is 74.7 Å². The molecule has 16 nitrogen and oxygen atoms in total. The van der Waals surface area contributed by atoms with E-state index in [0.717, 1.165) is 27.2 Å². The monoisotopic (exact) mass is 772 g/mol. The molecule has 1 unspecified atom stereocenters. The van der Waals surface area contributed by atoms with Crippen LogP contribution in [0.5, 0.6) is 11.5 Å². The number of hydrogen-bond donors (Lipinski definition) is 3. The predicted octanol–water partition coefficient (Wildman–Crippen LogP) is 1.93. The van der Waals surface area contributed by atoms with Crippen molar-refractivity contribution in [2.24, 2.45) is 7.05 Å². The molecule has 3 heterocycles. The van der Waals surface area contributed by atoms with Crippen LogP contribution in [0.2, 0.25) is 0 Å². The Balaban J connectivity index is 1.17. The average Bonchev–Trinajstić information content (AvgIpc) is 3.44. The van der Waals surface area contributed by atoms with E-state index in [2.05, 4.69) is 16.0 Å². The zero-order chi connectivity index (χ0) is 40.7. The first-order chi connectivity index (χ1) is 26.8. The Bertz CT molecular complexity index is 2020. The molecule has 0 saturated carbocycles. The Hall–Kier alpha value is -5.74. The van der Waals surface area contributed by atoms with Crippen molar-refractivity contribution in [3.8, 4) is 22.6 Å². The van der Waals surface area contributed by atoms with Crippen molar-refractivity contribution in [2.75, 3.05) is 80.5 Å². The lowest BCUT2D eigenvalue weighted by atomic mass is 9.91. The number of anilines is 1. The molecular weight excluding hydrogens is 720 g/mol. The van der Waals surface area contributed by atoms with Crippen LogP contribution < -0.4 is 31.0 Å². The molecule has 2 aliphatic rings. The zero-order valence-corrected chi connectivity index (χ0v) is 33.2. The largest absolute Gasteiger partial charge is 0.496 e. The minimum atomic E-state index is -1.10. The van der Waals surface area contributed by atoms with Gasteiger partial charge in [0.25, 0.3) is 17.4 Å². The van der Waals surface area contributed by atoms with E-state index >= 15 is 0 Å². The number of rotatable bonds is 17. The quantitative estimate of drug-likeness (QED) is 0.135. The maximum absolute atomic E-state index is 13.5. The zero-order valence-electron chi connectivity index (χ0n) is 33.2. The Labute approximate surface area is 326 Å². The summed E-state index contributed by atoms with van der Waals surface area (Å²) in [6, 6.07) is 7.50. The summed E-state index contributed by atoms with van der Waals surface area (Å²) in [5.74, 6) is -0.308. The third-order valence-electron chi connectivity index (χ3n) is 10.2. The lowest BCUT2D eigenvalue weighted by molar-refractivity contribution is -0.124. The number of urea groups is 1. The number of benzene rings is 2. The number of aryl methyl sites for hydroxylation is 1. The highest BCUT2D eigenvalue weighted by Gasteiger charge is 2.43. The summed E-state index contributed by atoms with van der Waals surface area (Å²) in [6.07, 6.45) is 3.04. The van der Waals surface area contributed by atoms with Crippen LogP contribution in [-0.2, 0) is 36.1 Å². The Morgan fingerprint density at radius 2 is 1.66 bits per heavy atom. The first kappa shape index (κ1) is 41.4. The third kappa shape index (κ3) is 8.71. The van der Waals surface area contributed by atoms with Gasteiger partial charge in [-0.05, 0) is 69.4 Å². The van der Waals surface area contributed by atoms with Crippen molar-refractivity contribution < 1.29 is 33.4 Å². The first-order valence-corrected chi connectivity index (χ1v) is 18.6. The lowest BCUT2D eigenvalue weighted by Gasteiger charge is -2.30. The number of nitrogens with zero attached hydrogens (tertiary/aromatic N) is 5. The van der Waals surface area contributed by atoms with Gasteiger partial charge in [-0.15, -0.1) is 0 Å². The molecule has 16 heteroatoms. The van der Waals surface area contributed by atoms with Crippen LogP contribution in [0.15, 0.2) is 41.3 Å². The fraction of sp³-hybridized carbons (Fsp3) is 0.450.